The second-order valence-electron chi connectivity index (χ2n) is 5.38. The lowest BCUT2D eigenvalue weighted by Gasteiger charge is -2.38. The Morgan fingerprint density at radius 2 is 2.07 bits per heavy atom. The highest BCUT2D eigenvalue weighted by Crippen LogP contribution is 2.22. The zero-order chi connectivity index (χ0) is 10.1. The van der Waals surface area contributed by atoms with Crippen molar-refractivity contribution in [3.05, 3.63) is 0 Å². The topological polar surface area (TPSA) is 18.5 Å². The van der Waals surface area contributed by atoms with Gasteiger partial charge in [0.1, 0.15) is 0 Å². The number of nitrogens with one attached hydrogen (secondary N) is 1. The lowest BCUT2D eigenvalue weighted by Crippen LogP contribution is -2.52. The van der Waals surface area contributed by atoms with Gasteiger partial charge < -0.3 is 5.32 Å². The predicted molar refractivity (Wildman–Crippen MR) is 62.1 cm³/mol. The minimum atomic E-state index is 0.790. The molecule has 3 fully saturated rings. The Kier molecular flexibility index (Phi) is 2.95. The Bertz CT molecular complexity index is 211. The summed E-state index contributed by atoms with van der Waals surface area (Å²) in [6.07, 6.45) is 5.65. The first-order valence-corrected chi connectivity index (χ1v) is 6.61. The van der Waals surface area contributed by atoms with E-state index in [1.807, 2.05) is 0 Å². The summed E-state index contributed by atoms with van der Waals surface area (Å²) in [6.45, 7) is 7.85. The van der Waals surface area contributed by atoms with Gasteiger partial charge in [-0.2, -0.15) is 0 Å². The number of fused-ring (bicyclic) bond motifs is 1. The highest BCUT2D eigenvalue weighted by Gasteiger charge is 2.31. The van der Waals surface area contributed by atoms with E-state index in [2.05, 4.69) is 15.1 Å². The minimum absolute atomic E-state index is 0.790. The Labute approximate surface area is 92.8 Å². The SMILES string of the molecule is C1CN[C@H](CN2CCN3CCCC3C2)C1. The van der Waals surface area contributed by atoms with Crippen LogP contribution in [0, 0.1) is 0 Å². The number of rotatable bonds is 2. The van der Waals surface area contributed by atoms with Crippen LogP contribution >= 0.6 is 0 Å². The van der Waals surface area contributed by atoms with E-state index >= 15 is 0 Å². The fourth-order valence-electron chi connectivity index (χ4n) is 3.45. The van der Waals surface area contributed by atoms with Crippen molar-refractivity contribution in [2.75, 3.05) is 39.3 Å². The minimum Gasteiger partial charge on any atom is -0.313 e. The number of hydrogen-bond donors (Lipinski definition) is 1. The molecular weight excluding hydrogens is 186 g/mol. The van der Waals surface area contributed by atoms with E-state index in [1.165, 1.54) is 65.0 Å². The average molecular weight is 209 g/mol. The lowest BCUT2D eigenvalue weighted by atomic mass is 10.1. The maximum Gasteiger partial charge on any atom is 0.0224 e. The van der Waals surface area contributed by atoms with Gasteiger partial charge in [0.05, 0.1) is 0 Å². The van der Waals surface area contributed by atoms with Crippen LogP contribution in [0.1, 0.15) is 25.7 Å². The smallest absolute Gasteiger partial charge is 0.0224 e. The molecule has 1 unspecified atom stereocenters. The average Bonchev–Trinajstić information content (AvgIpc) is 2.87. The van der Waals surface area contributed by atoms with Crippen molar-refractivity contribution in [1.29, 1.82) is 0 Å². The molecule has 2 atom stereocenters. The van der Waals surface area contributed by atoms with E-state index < -0.39 is 0 Å². The van der Waals surface area contributed by atoms with Gasteiger partial charge in [-0.15, -0.1) is 0 Å². The maximum atomic E-state index is 3.61. The molecule has 3 heterocycles. The van der Waals surface area contributed by atoms with Gasteiger partial charge in [0.25, 0.3) is 0 Å². The molecule has 0 aliphatic carbocycles. The van der Waals surface area contributed by atoms with Crippen LogP contribution in [0.4, 0.5) is 0 Å². The fourth-order valence-corrected chi connectivity index (χ4v) is 3.45. The summed E-state index contributed by atoms with van der Waals surface area (Å²) in [5.74, 6) is 0. The Morgan fingerprint density at radius 1 is 1.07 bits per heavy atom. The molecule has 3 saturated heterocycles. The van der Waals surface area contributed by atoms with Gasteiger partial charge in [-0.25, -0.2) is 0 Å². The van der Waals surface area contributed by atoms with Crippen molar-refractivity contribution in [3.8, 4) is 0 Å². The summed E-state index contributed by atoms with van der Waals surface area (Å²) in [6, 6.07) is 1.68. The molecule has 0 radical (unpaired) electrons. The van der Waals surface area contributed by atoms with Gasteiger partial charge in [0, 0.05) is 38.3 Å². The van der Waals surface area contributed by atoms with Gasteiger partial charge in [0.2, 0.25) is 0 Å². The van der Waals surface area contributed by atoms with Crippen LogP contribution in [-0.2, 0) is 0 Å². The maximum absolute atomic E-state index is 3.61. The van der Waals surface area contributed by atoms with Crippen molar-refractivity contribution in [2.24, 2.45) is 0 Å². The van der Waals surface area contributed by atoms with Crippen LogP contribution in [0.25, 0.3) is 0 Å². The zero-order valence-corrected chi connectivity index (χ0v) is 9.62. The van der Waals surface area contributed by atoms with E-state index in [-0.39, 0.29) is 0 Å². The Hall–Kier alpha value is -0.120. The van der Waals surface area contributed by atoms with Gasteiger partial charge in [-0.3, -0.25) is 9.80 Å². The molecule has 3 aliphatic heterocycles. The van der Waals surface area contributed by atoms with Crippen LogP contribution in [0.3, 0.4) is 0 Å². The summed E-state index contributed by atoms with van der Waals surface area (Å²) < 4.78 is 0. The molecule has 3 heteroatoms. The molecule has 0 aromatic heterocycles. The van der Waals surface area contributed by atoms with Crippen LogP contribution in [-0.4, -0.2) is 61.2 Å². The molecule has 0 spiro atoms. The van der Waals surface area contributed by atoms with Gasteiger partial charge in [-0.1, -0.05) is 0 Å². The van der Waals surface area contributed by atoms with E-state index in [0.29, 0.717) is 0 Å². The largest absolute Gasteiger partial charge is 0.313 e. The summed E-state index contributed by atoms with van der Waals surface area (Å²) >= 11 is 0. The summed E-state index contributed by atoms with van der Waals surface area (Å²) in [5.41, 5.74) is 0. The van der Waals surface area contributed by atoms with Crippen molar-refractivity contribution in [3.63, 3.8) is 0 Å². The zero-order valence-electron chi connectivity index (χ0n) is 9.62. The van der Waals surface area contributed by atoms with Gasteiger partial charge >= 0.3 is 0 Å². The first-order valence-electron chi connectivity index (χ1n) is 6.61. The lowest BCUT2D eigenvalue weighted by molar-refractivity contribution is 0.0982. The highest BCUT2D eigenvalue weighted by molar-refractivity contribution is 4.89. The van der Waals surface area contributed by atoms with E-state index in [0.717, 1.165) is 12.1 Å². The molecule has 0 aromatic carbocycles. The molecular formula is C12H23N3. The third-order valence-electron chi connectivity index (χ3n) is 4.31. The first kappa shape index (κ1) is 10.1. The summed E-state index contributed by atoms with van der Waals surface area (Å²) in [4.78, 5) is 5.38. The first-order chi connectivity index (χ1) is 7.42. The summed E-state index contributed by atoms with van der Waals surface area (Å²) in [7, 11) is 0. The highest BCUT2D eigenvalue weighted by atomic mass is 15.3. The van der Waals surface area contributed by atoms with E-state index in [4.69, 9.17) is 0 Å². The molecule has 0 aromatic rings. The van der Waals surface area contributed by atoms with Crippen molar-refractivity contribution < 1.29 is 0 Å². The molecule has 0 bridgehead atoms. The van der Waals surface area contributed by atoms with Gasteiger partial charge in [-0.05, 0) is 38.8 Å². The number of piperazine rings is 1. The van der Waals surface area contributed by atoms with Crippen molar-refractivity contribution in [2.45, 2.75) is 37.8 Å². The number of hydrogen-bond acceptors (Lipinski definition) is 3. The second kappa shape index (κ2) is 4.40. The predicted octanol–water partition coefficient (Wildman–Crippen LogP) is 0.518. The van der Waals surface area contributed by atoms with E-state index in [9.17, 15) is 0 Å². The van der Waals surface area contributed by atoms with Gasteiger partial charge in [0.15, 0.2) is 0 Å². The molecule has 15 heavy (non-hydrogen) atoms. The third kappa shape index (κ3) is 2.19. The van der Waals surface area contributed by atoms with Crippen LogP contribution in [0.15, 0.2) is 0 Å². The molecule has 86 valence electrons. The summed E-state index contributed by atoms with van der Waals surface area (Å²) in [5, 5.41) is 3.61. The molecule has 3 rings (SSSR count). The van der Waals surface area contributed by atoms with Crippen LogP contribution in [0.5, 0.6) is 0 Å². The standard InChI is InChI=1S/C12H23N3/c1-3-11(13-5-1)9-14-7-8-15-6-2-4-12(15)10-14/h11-13H,1-10H2/t11-,12?/m0/s1. The fraction of sp³-hybridized carbons (Fsp3) is 1.00. The Morgan fingerprint density at radius 3 is 2.93 bits per heavy atom. The monoisotopic (exact) mass is 209 g/mol. The Balaban J connectivity index is 1.50. The van der Waals surface area contributed by atoms with Crippen molar-refractivity contribution >= 4 is 0 Å². The molecule has 3 aliphatic rings. The van der Waals surface area contributed by atoms with E-state index in [1.54, 1.807) is 0 Å². The molecule has 1 N–H and O–H groups in total. The number of nitrogens with zero attached hydrogens (tertiary/aromatic N) is 2. The molecule has 3 nitrogen and oxygen atoms in total. The quantitative estimate of drug-likeness (QED) is 0.715. The molecule has 0 saturated carbocycles. The van der Waals surface area contributed by atoms with Crippen LogP contribution < -0.4 is 5.32 Å². The molecule has 0 amide bonds. The van der Waals surface area contributed by atoms with Crippen molar-refractivity contribution in [1.82, 2.24) is 15.1 Å². The van der Waals surface area contributed by atoms with Crippen LogP contribution in [0.2, 0.25) is 0 Å². The normalized spacial score (nSPS) is 38.4. The third-order valence-corrected chi connectivity index (χ3v) is 4.31. The second-order valence-corrected chi connectivity index (χ2v) is 5.38.